The van der Waals surface area contributed by atoms with Gasteiger partial charge in [-0.25, -0.2) is 4.98 Å². The van der Waals surface area contributed by atoms with Crippen LogP contribution in [0.4, 0.5) is 5.82 Å². The van der Waals surface area contributed by atoms with Crippen LogP contribution < -0.4 is 11.1 Å². The summed E-state index contributed by atoms with van der Waals surface area (Å²) < 4.78 is 4.95. The molecular formula is C9H12ClN3O2. The molecule has 0 aliphatic carbocycles. The fourth-order valence-electron chi connectivity index (χ4n) is 0.877. The van der Waals surface area contributed by atoms with Crippen molar-refractivity contribution in [3.05, 3.63) is 23.4 Å². The third-order valence-electron chi connectivity index (χ3n) is 1.49. The highest BCUT2D eigenvalue weighted by Crippen LogP contribution is 2.09. The normalized spacial score (nSPS) is 10.0. The van der Waals surface area contributed by atoms with Crippen LogP contribution in [0.3, 0.4) is 0 Å². The van der Waals surface area contributed by atoms with Crippen LogP contribution in [0.5, 0.6) is 0 Å². The molecule has 0 aliphatic heterocycles. The van der Waals surface area contributed by atoms with Crippen LogP contribution in [0.1, 0.15) is 0 Å². The van der Waals surface area contributed by atoms with Gasteiger partial charge in [0.05, 0.1) is 11.6 Å². The molecule has 1 heterocycles. The average molecular weight is 230 g/mol. The van der Waals surface area contributed by atoms with Gasteiger partial charge in [-0.15, -0.1) is 0 Å². The van der Waals surface area contributed by atoms with Crippen molar-refractivity contribution in [1.82, 2.24) is 4.98 Å². The first kappa shape index (κ1) is 11.9. The number of carbonyl (C=O) groups is 1. The Bertz CT molecular complexity index is 316. The predicted octanol–water partition coefficient (Wildman–Crippen LogP) is 0.649. The van der Waals surface area contributed by atoms with Gasteiger partial charge in [0.1, 0.15) is 12.4 Å². The lowest BCUT2D eigenvalue weighted by molar-refractivity contribution is -0.120. The number of ether oxygens (including phenoxy) is 1. The Morgan fingerprint density at radius 3 is 3.00 bits per heavy atom. The zero-order valence-electron chi connectivity index (χ0n) is 8.07. The molecule has 0 atom stereocenters. The van der Waals surface area contributed by atoms with Crippen LogP contribution in [-0.4, -0.2) is 30.6 Å². The van der Waals surface area contributed by atoms with Crippen molar-refractivity contribution in [1.29, 1.82) is 0 Å². The monoisotopic (exact) mass is 229 g/mol. The fraction of sp³-hybridized carbons (Fsp3) is 0.333. The number of nitrogens with zero attached hydrogens (tertiary/aromatic N) is 1. The average Bonchev–Trinajstić information content (AvgIpc) is 2.22. The van der Waals surface area contributed by atoms with Crippen molar-refractivity contribution in [2.24, 2.45) is 5.73 Å². The molecule has 0 unspecified atom stereocenters. The Labute approximate surface area is 92.6 Å². The van der Waals surface area contributed by atoms with Crippen LogP contribution in [0, 0.1) is 0 Å². The van der Waals surface area contributed by atoms with Gasteiger partial charge < -0.3 is 15.8 Å². The van der Waals surface area contributed by atoms with E-state index in [1.54, 1.807) is 12.1 Å². The summed E-state index contributed by atoms with van der Waals surface area (Å²) in [4.78, 5) is 15.1. The van der Waals surface area contributed by atoms with Gasteiger partial charge in [0.15, 0.2) is 0 Å². The van der Waals surface area contributed by atoms with Gasteiger partial charge >= 0.3 is 0 Å². The highest BCUT2D eigenvalue weighted by molar-refractivity contribution is 6.30. The lowest BCUT2D eigenvalue weighted by atomic mass is 10.4. The van der Waals surface area contributed by atoms with E-state index in [9.17, 15) is 4.79 Å². The van der Waals surface area contributed by atoms with Crippen LogP contribution in [0.15, 0.2) is 18.3 Å². The SMILES string of the molecule is NCCOCC(=O)Nc1ccc(Cl)cn1. The number of nitrogens with two attached hydrogens (primary N) is 1. The zero-order chi connectivity index (χ0) is 11.1. The highest BCUT2D eigenvalue weighted by atomic mass is 35.5. The molecule has 3 N–H and O–H groups in total. The minimum absolute atomic E-state index is 0.0263. The molecule has 6 heteroatoms. The van der Waals surface area contributed by atoms with Gasteiger partial charge in [-0.3, -0.25) is 4.79 Å². The minimum atomic E-state index is -0.265. The van der Waals surface area contributed by atoms with E-state index >= 15 is 0 Å². The van der Waals surface area contributed by atoms with Crippen molar-refractivity contribution in [3.8, 4) is 0 Å². The topological polar surface area (TPSA) is 77.2 Å². The summed E-state index contributed by atoms with van der Waals surface area (Å²) >= 11 is 5.64. The Kier molecular flexibility index (Phi) is 5.03. The summed E-state index contributed by atoms with van der Waals surface area (Å²) in [7, 11) is 0. The van der Waals surface area contributed by atoms with Crippen LogP contribution in [-0.2, 0) is 9.53 Å². The first-order valence-corrected chi connectivity index (χ1v) is 4.79. The van der Waals surface area contributed by atoms with Crippen molar-refractivity contribution >= 4 is 23.3 Å². The van der Waals surface area contributed by atoms with E-state index in [1.165, 1.54) is 6.20 Å². The van der Waals surface area contributed by atoms with E-state index < -0.39 is 0 Å². The van der Waals surface area contributed by atoms with E-state index in [0.29, 0.717) is 24.0 Å². The summed E-state index contributed by atoms with van der Waals surface area (Å²) in [6.07, 6.45) is 1.46. The summed E-state index contributed by atoms with van der Waals surface area (Å²) in [6, 6.07) is 3.26. The van der Waals surface area contributed by atoms with E-state index in [-0.39, 0.29) is 12.5 Å². The van der Waals surface area contributed by atoms with E-state index in [1.807, 2.05) is 0 Å². The minimum Gasteiger partial charge on any atom is -0.370 e. The quantitative estimate of drug-likeness (QED) is 0.727. The summed E-state index contributed by atoms with van der Waals surface area (Å²) in [6.45, 7) is 0.732. The molecule has 0 aliphatic rings. The van der Waals surface area contributed by atoms with E-state index in [0.717, 1.165) is 0 Å². The second kappa shape index (κ2) is 6.34. The highest BCUT2D eigenvalue weighted by Gasteiger charge is 2.02. The van der Waals surface area contributed by atoms with Gasteiger partial charge in [-0.1, -0.05) is 11.6 Å². The molecule has 0 radical (unpaired) electrons. The number of pyridine rings is 1. The fourth-order valence-corrected chi connectivity index (χ4v) is 0.989. The second-order valence-corrected chi connectivity index (χ2v) is 3.19. The molecule has 0 bridgehead atoms. The number of hydrogen-bond donors (Lipinski definition) is 2. The maximum absolute atomic E-state index is 11.2. The smallest absolute Gasteiger partial charge is 0.251 e. The van der Waals surface area contributed by atoms with E-state index in [2.05, 4.69) is 10.3 Å². The number of aromatic nitrogens is 1. The molecule has 1 amide bonds. The molecule has 15 heavy (non-hydrogen) atoms. The van der Waals surface area contributed by atoms with Crippen molar-refractivity contribution in [2.75, 3.05) is 25.1 Å². The molecule has 0 saturated carbocycles. The summed E-state index contributed by atoms with van der Waals surface area (Å²) in [5.74, 6) is 0.180. The zero-order valence-corrected chi connectivity index (χ0v) is 8.83. The molecular weight excluding hydrogens is 218 g/mol. The van der Waals surface area contributed by atoms with Crippen LogP contribution in [0.2, 0.25) is 5.02 Å². The number of halogens is 1. The number of carbonyl (C=O) groups excluding carboxylic acids is 1. The molecule has 0 saturated heterocycles. The van der Waals surface area contributed by atoms with Crippen molar-refractivity contribution in [2.45, 2.75) is 0 Å². The lowest BCUT2D eigenvalue weighted by Crippen LogP contribution is -2.21. The molecule has 0 fully saturated rings. The first-order valence-electron chi connectivity index (χ1n) is 4.41. The standard InChI is InChI=1S/C9H12ClN3O2/c10-7-1-2-8(12-5-7)13-9(14)6-15-4-3-11/h1-2,5H,3-4,6,11H2,(H,12,13,14). The Morgan fingerprint density at radius 2 is 2.40 bits per heavy atom. The van der Waals surface area contributed by atoms with Crippen molar-refractivity contribution < 1.29 is 9.53 Å². The maximum Gasteiger partial charge on any atom is 0.251 e. The number of amides is 1. The van der Waals surface area contributed by atoms with Crippen molar-refractivity contribution in [3.63, 3.8) is 0 Å². The number of anilines is 1. The van der Waals surface area contributed by atoms with Gasteiger partial charge in [0.2, 0.25) is 0 Å². The summed E-state index contributed by atoms with van der Waals surface area (Å²) in [5.41, 5.74) is 5.20. The molecule has 0 spiro atoms. The molecule has 5 nitrogen and oxygen atoms in total. The van der Waals surface area contributed by atoms with Gasteiger partial charge in [-0.05, 0) is 12.1 Å². The first-order chi connectivity index (χ1) is 7.22. The number of rotatable bonds is 5. The third kappa shape index (κ3) is 4.73. The predicted molar refractivity (Wildman–Crippen MR) is 57.8 cm³/mol. The molecule has 1 aromatic rings. The molecule has 1 rings (SSSR count). The Balaban J connectivity index is 2.34. The molecule has 0 aromatic carbocycles. The van der Waals surface area contributed by atoms with Gasteiger partial charge in [0, 0.05) is 12.7 Å². The second-order valence-electron chi connectivity index (χ2n) is 2.75. The van der Waals surface area contributed by atoms with Crippen LogP contribution >= 0.6 is 11.6 Å². The number of hydrogen-bond acceptors (Lipinski definition) is 4. The Morgan fingerprint density at radius 1 is 1.60 bits per heavy atom. The summed E-state index contributed by atoms with van der Waals surface area (Å²) in [5, 5.41) is 3.07. The maximum atomic E-state index is 11.2. The van der Waals surface area contributed by atoms with Crippen LogP contribution in [0.25, 0.3) is 0 Å². The van der Waals surface area contributed by atoms with Gasteiger partial charge in [0.25, 0.3) is 5.91 Å². The lowest BCUT2D eigenvalue weighted by Gasteiger charge is -2.04. The number of nitrogens with one attached hydrogen (secondary N) is 1. The molecule has 1 aromatic heterocycles. The Hall–Kier alpha value is -1.17. The largest absolute Gasteiger partial charge is 0.370 e. The molecule has 82 valence electrons. The van der Waals surface area contributed by atoms with Gasteiger partial charge in [-0.2, -0.15) is 0 Å². The van der Waals surface area contributed by atoms with E-state index in [4.69, 9.17) is 22.1 Å². The third-order valence-corrected chi connectivity index (χ3v) is 1.71.